The molecule has 0 spiro atoms. The molecule has 0 aromatic rings. The van der Waals surface area contributed by atoms with Crippen molar-refractivity contribution in [2.24, 2.45) is 0 Å². The molecule has 1 unspecified atom stereocenters. The van der Waals surface area contributed by atoms with Gasteiger partial charge in [-0.15, -0.1) is 0 Å². The Balaban J connectivity index is 3.72. The van der Waals surface area contributed by atoms with Crippen molar-refractivity contribution in [3.8, 4) is 0 Å². The molecule has 0 aromatic carbocycles. The van der Waals surface area contributed by atoms with Crippen molar-refractivity contribution in [3.63, 3.8) is 0 Å². The lowest BCUT2D eigenvalue weighted by atomic mass is 10.0. The van der Waals surface area contributed by atoms with Gasteiger partial charge < -0.3 is 5.32 Å². The molecule has 0 amide bonds. The minimum Gasteiger partial charge on any atom is -0.314 e. The Morgan fingerprint density at radius 1 is 1.14 bits per heavy atom. The molecule has 1 atom stereocenters. The SMILES string of the molecule is CCCCC(CCC(F)(F)F)NCC. The normalized spacial score (nSPS) is 14.4. The van der Waals surface area contributed by atoms with Crippen LogP contribution in [0.1, 0.15) is 46.0 Å². The van der Waals surface area contributed by atoms with E-state index in [1.165, 1.54) is 0 Å². The molecule has 0 aliphatic rings. The lowest BCUT2D eigenvalue weighted by Crippen LogP contribution is -2.30. The van der Waals surface area contributed by atoms with E-state index in [1.807, 2.05) is 13.8 Å². The van der Waals surface area contributed by atoms with Crippen LogP contribution < -0.4 is 5.32 Å². The molecule has 0 fully saturated rings. The fourth-order valence-electron chi connectivity index (χ4n) is 1.43. The second-order valence-electron chi connectivity index (χ2n) is 3.55. The summed E-state index contributed by atoms with van der Waals surface area (Å²) >= 11 is 0. The standard InChI is InChI=1S/C10H20F3N/c1-3-5-6-9(14-4-2)7-8-10(11,12)13/h9,14H,3-8H2,1-2H3. The molecule has 4 heteroatoms. The van der Waals surface area contributed by atoms with E-state index < -0.39 is 12.6 Å². The van der Waals surface area contributed by atoms with Gasteiger partial charge >= 0.3 is 6.18 Å². The molecular formula is C10H20F3N. The fourth-order valence-corrected chi connectivity index (χ4v) is 1.43. The van der Waals surface area contributed by atoms with Gasteiger partial charge in [-0.2, -0.15) is 13.2 Å². The molecule has 0 aliphatic carbocycles. The van der Waals surface area contributed by atoms with Gasteiger partial charge in [0.15, 0.2) is 0 Å². The topological polar surface area (TPSA) is 12.0 Å². The van der Waals surface area contributed by atoms with Gasteiger partial charge in [0.05, 0.1) is 0 Å². The molecule has 86 valence electrons. The van der Waals surface area contributed by atoms with Crippen molar-refractivity contribution in [1.29, 1.82) is 0 Å². The highest BCUT2D eigenvalue weighted by Gasteiger charge is 2.27. The van der Waals surface area contributed by atoms with E-state index in [9.17, 15) is 13.2 Å². The van der Waals surface area contributed by atoms with Crippen LogP contribution in [0.25, 0.3) is 0 Å². The zero-order valence-electron chi connectivity index (χ0n) is 8.95. The third kappa shape index (κ3) is 8.35. The summed E-state index contributed by atoms with van der Waals surface area (Å²) in [5, 5.41) is 3.09. The second-order valence-corrected chi connectivity index (χ2v) is 3.55. The van der Waals surface area contributed by atoms with Gasteiger partial charge in [0.25, 0.3) is 0 Å². The van der Waals surface area contributed by atoms with E-state index in [4.69, 9.17) is 0 Å². The first-order valence-corrected chi connectivity index (χ1v) is 5.29. The molecule has 0 saturated carbocycles. The summed E-state index contributed by atoms with van der Waals surface area (Å²) in [5.74, 6) is 0. The van der Waals surface area contributed by atoms with Crippen LogP contribution in [-0.4, -0.2) is 18.8 Å². The molecule has 0 saturated heterocycles. The summed E-state index contributed by atoms with van der Waals surface area (Å²) in [7, 11) is 0. The summed E-state index contributed by atoms with van der Waals surface area (Å²) in [6, 6.07) is 0.0292. The number of alkyl halides is 3. The van der Waals surface area contributed by atoms with Crippen LogP contribution in [-0.2, 0) is 0 Å². The number of halogens is 3. The first kappa shape index (κ1) is 13.8. The Kier molecular flexibility index (Phi) is 6.97. The number of nitrogens with one attached hydrogen (secondary N) is 1. The van der Waals surface area contributed by atoms with Crippen LogP contribution in [0.15, 0.2) is 0 Å². The summed E-state index contributed by atoms with van der Waals surface area (Å²) in [4.78, 5) is 0. The van der Waals surface area contributed by atoms with E-state index >= 15 is 0 Å². The van der Waals surface area contributed by atoms with Crippen LogP contribution >= 0.6 is 0 Å². The van der Waals surface area contributed by atoms with Gasteiger partial charge in [0.2, 0.25) is 0 Å². The van der Waals surface area contributed by atoms with Crippen LogP contribution in [0, 0.1) is 0 Å². The molecule has 1 N–H and O–H groups in total. The Morgan fingerprint density at radius 3 is 2.21 bits per heavy atom. The van der Waals surface area contributed by atoms with Crippen molar-refractivity contribution in [2.75, 3.05) is 6.54 Å². The van der Waals surface area contributed by atoms with Gasteiger partial charge in [0, 0.05) is 12.5 Å². The van der Waals surface area contributed by atoms with Crippen molar-refractivity contribution in [1.82, 2.24) is 5.32 Å². The predicted molar refractivity (Wildman–Crippen MR) is 52.3 cm³/mol. The highest BCUT2D eigenvalue weighted by molar-refractivity contribution is 4.68. The number of rotatable bonds is 7. The van der Waals surface area contributed by atoms with E-state index in [1.54, 1.807) is 0 Å². The highest BCUT2D eigenvalue weighted by atomic mass is 19.4. The number of hydrogen-bond acceptors (Lipinski definition) is 1. The molecule has 1 nitrogen and oxygen atoms in total. The van der Waals surface area contributed by atoms with E-state index in [0.717, 1.165) is 25.8 Å². The summed E-state index contributed by atoms with van der Waals surface area (Å²) < 4.78 is 35.9. The average Bonchev–Trinajstić information content (AvgIpc) is 2.08. The van der Waals surface area contributed by atoms with Gasteiger partial charge in [0.1, 0.15) is 0 Å². The zero-order chi connectivity index (χ0) is 11.0. The maximum absolute atomic E-state index is 12.0. The molecule has 0 aliphatic heterocycles. The van der Waals surface area contributed by atoms with Gasteiger partial charge in [-0.05, 0) is 19.4 Å². The number of hydrogen-bond donors (Lipinski definition) is 1. The number of unbranched alkanes of at least 4 members (excludes halogenated alkanes) is 1. The highest BCUT2D eigenvalue weighted by Crippen LogP contribution is 2.23. The summed E-state index contributed by atoms with van der Waals surface area (Å²) in [6.07, 6.45) is -1.60. The van der Waals surface area contributed by atoms with Crippen molar-refractivity contribution >= 4 is 0 Å². The zero-order valence-corrected chi connectivity index (χ0v) is 8.95. The van der Waals surface area contributed by atoms with Crippen LogP contribution in [0.5, 0.6) is 0 Å². The minimum atomic E-state index is -4.01. The third-order valence-corrected chi connectivity index (χ3v) is 2.18. The second kappa shape index (κ2) is 7.10. The summed E-state index contributed by atoms with van der Waals surface area (Å²) in [5.41, 5.74) is 0. The van der Waals surface area contributed by atoms with Crippen LogP contribution in [0.2, 0.25) is 0 Å². The Morgan fingerprint density at radius 2 is 1.79 bits per heavy atom. The molecule has 14 heavy (non-hydrogen) atoms. The molecule has 0 radical (unpaired) electrons. The smallest absolute Gasteiger partial charge is 0.314 e. The van der Waals surface area contributed by atoms with Crippen molar-refractivity contribution in [3.05, 3.63) is 0 Å². The first-order valence-electron chi connectivity index (χ1n) is 5.29. The van der Waals surface area contributed by atoms with E-state index in [0.29, 0.717) is 0 Å². The van der Waals surface area contributed by atoms with Gasteiger partial charge in [-0.3, -0.25) is 0 Å². The monoisotopic (exact) mass is 211 g/mol. The minimum absolute atomic E-state index is 0.0292. The molecule has 0 rings (SSSR count). The molecular weight excluding hydrogens is 191 g/mol. The fraction of sp³-hybridized carbons (Fsp3) is 1.00. The van der Waals surface area contributed by atoms with Crippen LogP contribution in [0.3, 0.4) is 0 Å². The average molecular weight is 211 g/mol. The van der Waals surface area contributed by atoms with E-state index in [2.05, 4.69) is 5.32 Å². The maximum atomic E-state index is 12.0. The summed E-state index contributed by atoms with van der Waals surface area (Å²) in [6.45, 7) is 4.71. The van der Waals surface area contributed by atoms with Crippen LogP contribution in [0.4, 0.5) is 13.2 Å². The Labute approximate surface area is 84.1 Å². The third-order valence-electron chi connectivity index (χ3n) is 2.18. The maximum Gasteiger partial charge on any atom is 0.389 e. The predicted octanol–water partition coefficient (Wildman–Crippen LogP) is 3.50. The van der Waals surface area contributed by atoms with E-state index in [-0.39, 0.29) is 12.5 Å². The molecule has 0 aromatic heterocycles. The lowest BCUT2D eigenvalue weighted by molar-refractivity contribution is -0.136. The lowest BCUT2D eigenvalue weighted by Gasteiger charge is -2.18. The van der Waals surface area contributed by atoms with Gasteiger partial charge in [-0.25, -0.2) is 0 Å². The molecule has 0 heterocycles. The molecule has 0 bridgehead atoms. The van der Waals surface area contributed by atoms with Gasteiger partial charge in [-0.1, -0.05) is 26.7 Å². The largest absolute Gasteiger partial charge is 0.389 e. The Bertz CT molecular complexity index is 134. The van der Waals surface area contributed by atoms with Crippen molar-refractivity contribution < 1.29 is 13.2 Å². The van der Waals surface area contributed by atoms with Crippen molar-refractivity contribution in [2.45, 2.75) is 58.2 Å². The quantitative estimate of drug-likeness (QED) is 0.679. The Hall–Kier alpha value is -0.250. The first-order chi connectivity index (χ1) is 6.49.